The molecule has 0 N–H and O–H groups in total. The number of Topliss-reactive ketones (excluding diaryl/α,β-unsaturated/α-hetero) is 1. The Morgan fingerprint density at radius 1 is 1.12 bits per heavy atom. The number of thiazole rings is 1. The van der Waals surface area contributed by atoms with E-state index in [-0.39, 0.29) is 40.9 Å². The zero-order chi connectivity index (χ0) is 22.0. The lowest BCUT2D eigenvalue weighted by Crippen LogP contribution is -3.00. The molecular formula is C25H32BrN3O3S. The number of nitrogens with zero attached hydrogens (tertiary/aromatic N) is 3. The number of carbonyl (C=O) groups excluding carboxylic acids is 2. The highest BCUT2D eigenvalue weighted by Gasteiger charge is 2.49. The van der Waals surface area contributed by atoms with Gasteiger partial charge < -0.3 is 26.2 Å². The van der Waals surface area contributed by atoms with E-state index in [2.05, 4.69) is 9.88 Å². The monoisotopic (exact) mass is 533 g/mol. The standard InChI is InChI=1S/C25H32N3O3S.BrH/c29-21(24-26-11-16-32-24)17-28-14-9-19(10-15-28)22(18-28)31-25(30)23(20-7-3-1-4-8-20)27-12-5-2-6-13-27;/h1,3-4,7-8,11,16,19,22-23H,2,5-6,9-10,12-15,17-18H2;1H/q+1;/p-1/t19?,22-,23?,28?;/m0./s1. The SMILES string of the molecule is O=C(C[N+]12CCC(CC1)[C@@H](OC(=O)C(c1ccccc1)N1CCCCC1)C2)c1nccs1.[Br-]. The summed E-state index contributed by atoms with van der Waals surface area (Å²) in [4.78, 5) is 32.9. The molecule has 0 radical (unpaired) electrons. The molecule has 5 heterocycles. The van der Waals surface area contributed by atoms with E-state index < -0.39 is 0 Å². The molecule has 8 heteroatoms. The summed E-state index contributed by atoms with van der Waals surface area (Å²) < 4.78 is 7.00. The molecule has 1 aromatic carbocycles. The molecule has 6 nitrogen and oxygen atoms in total. The molecule has 2 atom stereocenters. The maximum absolute atomic E-state index is 13.6. The van der Waals surface area contributed by atoms with Crippen LogP contribution in [0.25, 0.3) is 0 Å². The van der Waals surface area contributed by atoms with E-state index in [1.807, 2.05) is 35.7 Å². The molecule has 4 fully saturated rings. The number of hydrogen-bond donors (Lipinski definition) is 0. The van der Waals surface area contributed by atoms with Crippen molar-refractivity contribution < 1.29 is 35.8 Å². The first kappa shape index (κ1) is 24.5. The number of benzene rings is 1. The smallest absolute Gasteiger partial charge is 0.328 e. The third-order valence-electron chi connectivity index (χ3n) is 7.55. The third-order valence-corrected chi connectivity index (χ3v) is 8.37. The number of esters is 1. The van der Waals surface area contributed by atoms with Gasteiger partial charge in [0.25, 0.3) is 0 Å². The number of ether oxygens (including phenoxy) is 1. The van der Waals surface area contributed by atoms with Crippen LogP contribution in [0.3, 0.4) is 0 Å². The summed E-state index contributed by atoms with van der Waals surface area (Å²) in [6.45, 7) is 5.06. The predicted molar refractivity (Wildman–Crippen MR) is 123 cm³/mol. The molecule has 4 aliphatic rings. The van der Waals surface area contributed by atoms with Crippen LogP contribution in [0.15, 0.2) is 41.9 Å². The first-order chi connectivity index (χ1) is 15.6. The van der Waals surface area contributed by atoms with Crippen molar-refractivity contribution in [1.82, 2.24) is 9.88 Å². The molecule has 33 heavy (non-hydrogen) atoms. The summed E-state index contributed by atoms with van der Waals surface area (Å²) in [5.74, 6) is 0.397. The zero-order valence-corrected chi connectivity index (χ0v) is 21.3. The molecule has 2 aromatic rings. The molecule has 0 aliphatic carbocycles. The summed E-state index contributed by atoms with van der Waals surface area (Å²) in [6, 6.07) is 9.73. The van der Waals surface area contributed by atoms with Gasteiger partial charge in [0, 0.05) is 30.3 Å². The van der Waals surface area contributed by atoms with Crippen molar-refractivity contribution in [3.8, 4) is 0 Å². The van der Waals surface area contributed by atoms with Gasteiger partial charge in [-0.25, -0.2) is 9.78 Å². The van der Waals surface area contributed by atoms with E-state index in [9.17, 15) is 9.59 Å². The summed E-state index contributed by atoms with van der Waals surface area (Å²) in [7, 11) is 0. The van der Waals surface area contributed by atoms with Crippen LogP contribution in [0.4, 0.5) is 0 Å². The number of ketones is 1. The van der Waals surface area contributed by atoms with Gasteiger partial charge >= 0.3 is 5.97 Å². The molecule has 1 aromatic heterocycles. The lowest BCUT2D eigenvalue weighted by molar-refractivity contribution is -0.938. The molecule has 0 amide bonds. The molecule has 4 saturated heterocycles. The quantitative estimate of drug-likeness (QED) is 0.298. The van der Waals surface area contributed by atoms with Crippen molar-refractivity contribution >= 4 is 23.1 Å². The van der Waals surface area contributed by atoms with E-state index in [1.54, 1.807) is 6.20 Å². The fraction of sp³-hybridized carbons (Fsp3) is 0.560. The number of hydrogen-bond acceptors (Lipinski definition) is 6. The highest BCUT2D eigenvalue weighted by molar-refractivity contribution is 7.11. The van der Waals surface area contributed by atoms with Gasteiger partial charge in [-0.05, 0) is 31.5 Å². The van der Waals surface area contributed by atoms with Crippen LogP contribution in [-0.2, 0) is 9.53 Å². The summed E-state index contributed by atoms with van der Waals surface area (Å²) in [5, 5.41) is 2.44. The van der Waals surface area contributed by atoms with Crippen molar-refractivity contribution in [3.05, 3.63) is 52.5 Å². The van der Waals surface area contributed by atoms with Crippen LogP contribution in [0.1, 0.15) is 53.5 Å². The Bertz CT molecular complexity index is 926. The average molecular weight is 535 g/mol. The highest BCUT2D eigenvalue weighted by atomic mass is 79.9. The maximum atomic E-state index is 13.6. The number of fused-ring (bicyclic) bond motifs is 3. The van der Waals surface area contributed by atoms with Gasteiger partial charge in [0.05, 0.1) is 13.1 Å². The summed E-state index contributed by atoms with van der Waals surface area (Å²) in [5.41, 5.74) is 1.02. The Morgan fingerprint density at radius 3 is 2.52 bits per heavy atom. The van der Waals surface area contributed by atoms with Crippen LogP contribution < -0.4 is 17.0 Å². The molecule has 6 rings (SSSR count). The second-order valence-electron chi connectivity index (χ2n) is 9.61. The van der Waals surface area contributed by atoms with E-state index in [4.69, 9.17) is 4.74 Å². The molecule has 1 unspecified atom stereocenters. The first-order valence-electron chi connectivity index (χ1n) is 11.9. The number of carbonyl (C=O) groups is 2. The lowest BCUT2D eigenvalue weighted by atomic mass is 9.83. The molecule has 0 spiro atoms. The number of aromatic nitrogens is 1. The third kappa shape index (κ3) is 5.39. The fourth-order valence-corrected chi connectivity index (χ4v) is 6.40. The number of halogens is 1. The second kappa shape index (κ2) is 10.8. The number of rotatable bonds is 7. The van der Waals surface area contributed by atoms with Gasteiger partial charge in [0.15, 0.2) is 11.1 Å². The molecule has 178 valence electrons. The average Bonchev–Trinajstić information content (AvgIpc) is 3.37. The van der Waals surface area contributed by atoms with Crippen molar-refractivity contribution in [3.63, 3.8) is 0 Å². The van der Waals surface area contributed by atoms with Crippen LogP contribution in [0, 0.1) is 5.92 Å². The Labute approximate surface area is 210 Å². The fourth-order valence-electron chi connectivity index (χ4n) is 5.83. The Balaban J connectivity index is 0.00000259. The van der Waals surface area contributed by atoms with E-state index in [0.29, 0.717) is 17.5 Å². The van der Waals surface area contributed by atoms with Gasteiger partial charge in [0.1, 0.15) is 19.1 Å². The van der Waals surface area contributed by atoms with Gasteiger partial charge in [-0.1, -0.05) is 36.8 Å². The van der Waals surface area contributed by atoms with Crippen LogP contribution in [-0.4, -0.2) is 71.5 Å². The van der Waals surface area contributed by atoms with Gasteiger partial charge in [0.2, 0.25) is 5.78 Å². The number of likely N-dealkylation sites (tertiary alicyclic amines) is 1. The Hall–Kier alpha value is -1.61. The van der Waals surface area contributed by atoms with Gasteiger partial charge in [-0.3, -0.25) is 9.69 Å². The zero-order valence-electron chi connectivity index (χ0n) is 18.9. The highest BCUT2D eigenvalue weighted by Crippen LogP contribution is 2.37. The van der Waals surface area contributed by atoms with E-state index >= 15 is 0 Å². The minimum absolute atomic E-state index is 0. The van der Waals surface area contributed by atoms with Gasteiger partial charge in [-0.2, -0.15) is 0 Å². The maximum Gasteiger partial charge on any atom is 0.328 e. The topological polar surface area (TPSA) is 59.5 Å². The van der Waals surface area contributed by atoms with Gasteiger partial charge in [-0.15, -0.1) is 11.3 Å². The predicted octanol–water partition coefficient (Wildman–Crippen LogP) is 0.709. The second-order valence-corrected chi connectivity index (χ2v) is 10.5. The van der Waals surface area contributed by atoms with Crippen LogP contribution in [0.2, 0.25) is 0 Å². The Morgan fingerprint density at radius 2 is 1.85 bits per heavy atom. The first-order valence-corrected chi connectivity index (χ1v) is 12.8. The number of piperidine rings is 4. The van der Waals surface area contributed by atoms with Crippen LogP contribution in [0.5, 0.6) is 0 Å². The van der Waals surface area contributed by atoms with E-state index in [0.717, 1.165) is 68.5 Å². The van der Waals surface area contributed by atoms with Crippen LogP contribution >= 0.6 is 11.3 Å². The molecule has 4 aliphatic heterocycles. The molecular weight excluding hydrogens is 502 g/mol. The van der Waals surface area contributed by atoms with Crippen molar-refractivity contribution in [1.29, 1.82) is 0 Å². The normalized spacial score (nSPS) is 28.0. The minimum Gasteiger partial charge on any atom is -1.00 e. The Kier molecular flexibility index (Phi) is 7.99. The summed E-state index contributed by atoms with van der Waals surface area (Å²) >= 11 is 1.41. The minimum atomic E-state index is -0.336. The van der Waals surface area contributed by atoms with Crippen molar-refractivity contribution in [2.45, 2.75) is 44.2 Å². The van der Waals surface area contributed by atoms with E-state index in [1.165, 1.54) is 17.8 Å². The van der Waals surface area contributed by atoms with Crippen molar-refractivity contribution in [2.75, 3.05) is 39.3 Å². The number of quaternary nitrogens is 1. The largest absolute Gasteiger partial charge is 1.00 e. The summed E-state index contributed by atoms with van der Waals surface area (Å²) in [6.07, 6.45) is 7.10. The lowest BCUT2D eigenvalue weighted by Gasteiger charge is -2.51. The van der Waals surface area contributed by atoms with Crippen molar-refractivity contribution in [2.24, 2.45) is 5.92 Å². The molecule has 0 saturated carbocycles. The molecule has 2 bridgehead atoms.